The summed E-state index contributed by atoms with van der Waals surface area (Å²) < 4.78 is 1.89. The Bertz CT molecular complexity index is 893. The van der Waals surface area contributed by atoms with Gasteiger partial charge in [-0.15, -0.1) is 0 Å². The predicted molar refractivity (Wildman–Crippen MR) is 106 cm³/mol. The van der Waals surface area contributed by atoms with Crippen molar-refractivity contribution < 1.29 is 9.59 Å². The highest BCUT2D eigenvalue weighted by Gasteiger charge is 2.29. The van der Waals surface area contributed by atoms with Gasteiger partial charge in [-0.1, -0.05) is 0 Å². The molecule has 0 atom stereocenters. The Morgan fingerprint density at radius 2 is 1.96 bits per heavy atom. The van der Waals surface area contributed by atoms with Crippen LogP contribution in [0, 0.1) is 0 Å². The maximum absolute atomic E-state index is 13.1. The van der Waals surface area contributed by atoms with Gasteiger partial charge in [-0.05, 0) is 45.6 Å². The van der Waals surface area contributed by atoms with Gasteiger partial charge in [-0.25, -0.2) is 9.67 Å². The van der Waals surface area contributed by atoms with Crippen LogP contribution in [0.3, 0.4) is 0 Å². The maximum Gasteiger partial charge on any atom is 0.252 e. The lowest BCUT2D eigenvalue weighted by Gasteiger charge is -2.31. The van der Waals surface area contributed by atoms with Crippen molar-refractivity contribution in [2.45, 2.75) is 57.5 Å². The highest BCUT2D eigenvalue weighted by Crippen LogP contribution is 2.40. The SMILES string of the molecule is CC(C)n1ncc2c(C(=O)NC3CCN(CC(N)=O)CC3)cc(C3CC3)nc21. The largest absolute Gasteiger partial charge is 0.369 e. The number of likely N-dealkylation sites (tertiary alicyclic amines) is 1. The van der Waals surface area contributed by atoms with E-state index in [0.717, 1.165) is 55.5 Å². The molecule has 0 aromatic carbocycles. The van der Waals surface area contributed by atoms with E-state index in [0.29, 0.717) is 11.5 Å². The van der Waals surface area contributed by atoms with Crippen molar-refractivity contribution >= 4 is 22.8 Å². The van der Waals surface area contributed by atoms with E-state index >= 15 is 0 Å². The number of fused-ring (bicyclic) bond motifs is 1. The maximum atomic E-state index is 13.1. The third-order valence-corrected chi connectivity index (χ3v) is 5.62. The first kappa shape index (κ1) is 18.9. The third kappa shape index (κ3) is 3.87. The molecule has 8 nitrogen and oxygen atoms in total. The van der Waals surface area contributed by atoms with Gasteiger partial charge in [0.05, 0.1) is 23.7 Å². The van der Waals surface area contributed by atoms with Crippen molar-refractivity contribution in [3.63, 3.8) is 0 Å². The highest BCUT2D eigenvalue weighted by molar-refractivity contribution is 6.05. The van der Waals surface area contributed by atoms with Crippen LogP contribution in [-0.2, 0) is 4.79 Å². The molecule has 1 aliphatic carbocycles. The van der Waals surface area contributed by atoms with Crippen LogP contribution in [0.25, 0.3) is 11.0 Å². The number of nitrogens with two attached hydrogens (primary N) is 1. The quantitative estimate of drug-likeness (QED) is 0.786. The number of hydrogen-bond donors (Lipinski definition) is 2. The molecule has 2 aromatic heterocycles. The van der Waals surface area contributed by atoms with Gasteiger partial charge >= 0.3 is 0 Å². The van der Waals surface area contributed by atoms with Gasteiger partial charge in [0.1, 0.15) is 0 Å². The van der Waals surface area contributed by atoms with Gasteiger partial charge in [-0.2, -0.15) is 5.10 Å². The average Bonchev–Trinajstić information content (AvgIpc) is 3.41. The van der Waals surface area contributed by atoms with Crippen LogP contribution >= 0.6 is 0 Å². The number of hydrogen-bond acceptors (Lipinski definition) is 5. The van der Waals surface area contributed by atoms with Crippen LogP contribution in [0.5, 0.6) is 0 Å². The molecule has 1 saturated carbocycles. The first-order valence-corrected chi connectivity index (χ1v) is 10.1. The average molecular weight is 384 g/mol. The van der Waals surface area contributed by atoms with E-state index in [-0.39, 0.29) is 30.4 Å². The fourth-order valence-corrected chi connectivity index (χ4v) is 3.91. The summed E-state index contributed by atoms with van der Waals surface area (Å²) in [4.78, 5) is 31.0. The molecular formula is C20H28N6O2. The summed E-state index contributed by atoms with van der Waals surface area (Å²) in [5.41, 5.74) is 7.72. The van der Waals surface area contributed by atoms with Gasteiger partial charge in [-0.3, -0.25) is 14.5 Å². The zero-order valence-electron chi connectivity index (χ0n) is 16.5. The Hall–Kier alpha value is -2.48. The molecule has 3 heterocycles. The number of pyridine rings is 1. The molecule has 1 aliphatic heterocycles. The fraction of sp³-hybridized carbons (Fsp3) is 0.600. The van der Waals surface area contributed by atoms with Crippen LogP contribution < -0.4 is 11.1 Å². The van der Waals surface area contributed by atoms with E-state index in [9.17, 15) is 9.59 Å². The van der Waals surface area contributed by atoms with Crippen molar-refractivity contribution in [3.8, 4) is 0 Å². The molecule has 0 unspecified atom stereocenters. The number of rotatable bonds is 6. The second kappa shape index (κ2) is 7.50. The smallest absolute Gasteiger partial charge is 0.252 e. The molecule has 2 fully saturated rings. The Balaban J connectivity index is 1.53. The molecule has 4 rings (SSSR count). The Morgan fingerprint density at radius 3 is 2.57 bits per heavy atom. The first-order chi connectivity index (χ1) is 13.4. The van der Waals surface area contributed by atoms with E-state index in [1.807, 2.05) is 15.6 Å². The standard InChI is InChI=1S/C20H28N6O2/c1-12(2)26-19-16(10-22-26)15(9-17(24-19)13-3-4-13)20(28)23-14-5-7-25(8-6-14)11-18(21)27/h9-10,12-14H,3-8,11H2,1-2H3,(H2,21,27)(H,23,28). The van der Waals surface area contributed by atoms with E-state index in [4.69, 9.17) is 10.7 Å². The number of nitrogens with one attached hydrogen (secondary N) is 1. The number of nitrogens with zero attached hydrogens (tertiary/aromatic N) is 4. The third-order valence-electron chi connectivity index (χ3n) is 5.62. The lowest BCUT2D eigenvalue weighted by Crippen LogP contribution is -2.46. The lowest BCUT2D eigenvalue weighted by molar-refractivity contribution is -0.119. The van der Waals surface area contributed by atoms with Crippen molar-refractivity contribution in [1.82, 2.24) is 25.0 Å². The molecule has 2 aliphatic rings. The molecular weight excluding hydrogens is 356 g/mol. The molecule has 0 bridgehead atoms. The van der Waals surface area contributed by atoms with Crippen LogP contribution in [-0.4, -0.2) is 57.2 Å². The molecule has 3 N–H and O–H groups in total. The lowest BCUT2D eigenvalue weighted by atomic mass is 10.0. The van der Waals surface area contributed by atoms with Crippen LogP contribution in [0.4, 0.5) is 0 Å². The minimum absolute atomic E-state index is 0.0639. The van der Waals surface area contributed by atoms with Crippen molar-refractivity contribution in [3.05, 3.63) is 23.5 Å². The molecule has 1 saturated heterocycles. The topological polar surface area (TPSA) is 106 Å². The summed E-state index contributed by atoms with van der Waals surface area (Å²) >= 11 is 0. The number of amides is 2. The summed E-state index contributed by atoms with van der Waals surface area (Å²) in [7, 11) is 0. The van der Waals surface area contributed by atoms with Crippen LogP contribution in [0.2, 0.25) is 0 Å². The fourth-order valence-electron chi connectivity index (χ4n) is 3.91. The van der Waals surface area contributed by atoms with Gasteiger partial charge < -0.3 is 11.1 Å². The zero-order valence-corrected chi connectivity index (χ0v) is 16.5. The van der Waals surface area contributed by atoms with E-state index in [1.165, 1.54) is 0 Å². The summed E-state index contributed by atoms with van der Waals surface area (Å²) in [5.74, 6) is 0.0888. The molecule has 2 aromatic rings. The van der Waals surface area contributed by atoms with Gasteiger partial charge in [0, 0.05) is 36.8 Å². The summed E-state index contributed by atoms with van der Waals surface area (Å²) in [6, 6.07) is 2.23. The Labute approximate surface area is 164 Å². The molecule has 8 heteroatoms. The van der Waals surface area contributed by atoms with Crippen LogP contribution in [0.15, 0.2) is 12.3 Å². The monoisotopic (exact) mass is 384 g/mol. The second-order valence-corrected chi connectivity index (χ2v) is 8.28. The van der Waals surface area contributed by atoms with E-state index < -0.39 is 0 Å². The normalized spacial score (nSPS) is 18.7. The Kier molecular flexibility index (Phi) is 5.05. The molecule has 150 valence electrons. The van der Waals surface area contributed by atoms with Crippen molar-refractivity contribution in [2.75, 3.05) is 19.6 Å². The number of primary amides is 1. The van der Waals surface area contributed by atoms with E-state index in [2.05, 4.69) is 24.3 Å². The number of carbonyl (C=O) groups excluding carboxylic acids is 2. The van der Waals surface area contributed by atoms with Crippen molar-refractivity contribution in [1.29, 1.82) is 0 Å². The predicted octanol–water partition coefficient (Wildman–Crippen LogP) is 1.57. The van der Waals surface area contributed by atoms with Crippen molar-refractivity contribution in [2.24, 2.45) is 5.73 Å². The van der Waals surface area contributed by atoms with Crippen LogP contribution in [0.1, 0.15) is 67.5 Å². The molecule has 28 heavy (non-hydrogen) atoms. The minimum atomic E-state index is -0.309. The Morgan fingerprint density at radius 1 is 1.25 bits per heavy atom. The highest BCUT2D eigenvalue weighted by atomic mass is 16.2. The van der Waals surface area contributed by atoms with Gasteiger partial charge in [0.25, 0.3) is 5.91 Å². The minimum Gasteiger partial charge on any atom is -0.369 e. The van der Waals surface area contributed by atoms with E-state index in [1.54, 1.807) is 6.20 Å². The number of aromatic nitrogens is 3. The van der Waals surface area contributed by atoms with Gasteiger partial charge in [0.2, 0.25) is 5.91 Å². The second-order valence-electron chi connectivity index (χ2n) is 8.28. The summed E-state index contributed by atoms with van der Waals surface area (Å²) in [5, 5.41) is 8.45. The number of carbonyl (C=O) groups is 2. The molecule has 2 amide bonds. The first-order valence-electron chi connectivity index (χ1n) is 10.1. The summed E-state index contributed by atoms with van der Waals surface area (Å²) in [6.07, 6.45) is 5.65. The molecule has 0 spiro atoms. The molecule has 0 radical (unpaired) electrons. The van der Waals surface area contributed by atoms with Gasteiger partial charge in [0.15, 0.2) is 5.65 Å². The number of piperidine rings is 1. The zero-order chi connectivity index (χ0) is 19.8. The summed E-state index contributed by atoms with van der Waals surface area (Å²) in [6.45, 7) is 5.94.